The third-order valence-corrected chi connectivity index (χ3v) is 19.4. The van der Waals surface area contributed by atoms with Gasteiger partial charge in [0.2, 0.25) is 65.0 Å². The summed E-state index contributed by atoms with van der Waals surface area (Å²) in [6, 6.07) is -14.4. The average Bonchev–Trinajstić information content (AvgIpc) is 0.958. The van der Waals surface area contributed by atoms with Crippen molar-refractivity contribution in [2.24, 2.45) is 35.5 Å². The Morgan fingerprint density at radius 3 is 1.57 bits per heavy atom. The van der Waals surface area contributed by atoms with E-state index in [4.69, 9.17) is 9.47 Å². The molecule has 30 heteroatoms. The number of aliphatic hydroxyl groups excluding tert-OH is 1. The number of carbonyl (C=O) groups excluding carboxylic acids is 11. The summed E-state index contributed by atoms with van der Waals surface area (Å²) in [7, 11) is 8.52. The lowest BCUT2D eigenvalue weighted by molar-refractivity contribution is -0.154. The lowest BCUT2D eigenvalue weighted by Gasteiger charge is -2.40. The zero-order chi connectivity index (χ0) is 75.7. The van der Waals surface area contributed by atoms with Crippen LogP contribution in [0.2, 0.25) is 0 Å². The number of H-pyrrole nitrogens is 1. The Morgan fingerprint density at radius 2 is 1.03 bits per heavy atom. The monoisotopic (exact) mass is 1410 g/mol. The first kappa shape index (κ1) is 87.3. The number of likely N-dealkylation sites (N-methyl/N-ethyl adjacent to an activating group) is 6. The third-order valence-electron chi connectivity index (χ3n) is 19.4. The highest BCUT2D eigenvalue weighted by atomic mass is 16.5. The predicted molar refractivity (Wildman–Crippen MR) is 378 cm³/mol. The van der Waals surface area contributed by atoms with Crippen LogP contribution in [0.3, 0.4) is 0 Å². The zero-order valence-electron chi connectivity index (χ0n) is 64.2. The van der Waals surface area contributed by atoms with Crippen LogP contribution in [0.15, 0.2) is 0 Å². The van der Waals surface area contributed by atoms with E-state index in [-0.39, 0.29) is 50.0 Å². The first-order valence-corrected chi connectivity index (χ1v) is 36.2. The SMILES string of the molecule is CC[C@@H]1NC(=O)[C@H]([C@H](O)[C@H](C)CCCCCc2nn[nH]n2)NC(=O)[C@H](C(C)C)N(C)C(=O)[C@H](CC(C)C)N(C)C(=O)[C@H](CC(C)C)N(C)C(=O)[C@@H](C)NC(=O)[C@H](C)NC(=O)[C@H](CC(C)C)N(C)C(=O)[C@H](C(C)C)NC(=O)[C@H]([C@@H](C)OCCCCN2CCOCC2)N(C)C(=O)[C@@H](C)N(C)C1=O. The van der Waals surface area contributed by atoms with Gasteiger partial charge in [0.05, 0.1) is 25.4 Å². The molecule has 11 amide bonds. The van der Waals surface area contributed by atoms with Crippen molar-refractivity contribution in [2.45, 2.75) is 260 Å². The quantitative estimate of drug-likeness (QED) is 0.0729. The minimum atomic E-state index is -1.71. The van der Waals surface area contributed by atoms with Crippen molar-refractivity contribution in [3.05, 3.63) is 5.82 Å². The third kappa shape index (κ3) is 25.5. The highest BCUT2D eigenvalue weighted by Gasteiger charge is 2.45. The second kappa shape index (κ2) is 41.9. The van der Waals surface area contributed by atoms with Gasteiger partial charge >= 0.3 is 0 Å². The van der Waals surface area contributed by atoms with Crippen LogP contribution < -0.4 is 26.6 Å². The van der Waals surface area contributed by atoms with E-state index in [1.165, 1.54) is 82.7 Å². The van der Waals surface area contributed by atoms with E-state index < -0.39 is 161 Å². The molecule has 0 unspecified atom stereocenters. The number of carbonyl (C=O) groups is 11. The fraction of sp³-hybridized carbons (Fsp3) is 0.829. The van der Waals surface area contributed by atoms with Crippen LogP contribution in [0, 0.1) is 35.5 Å². The van der Waals surface area contributed by atoms with Crippen LogP contribution in [0.25, 0.3) is 0 Å². The number of tetrazole rings is 1. The molecule has 0 saturated carbocycles. The Morgan fingerprint density at radius 1 is 0.510 bits per heavy atom. The minimum absolute atomic E-state index is 0.0249. The van der Waals surface area contributed by atoms with Crippen molar-refractivity contribution in [1.29, 1.82) is 0 Å². The topological polar surface area (TPSA) is 364 Å². The number of rotatable bonds is 24. The molecule has 2 aliphatic rings. The number of aliphatic hydroxyl groups is 1. The van der Waals surface area contributed by atoms with E-state index in [0.29, 0.717) is 57.6 Å². The summed E-state index contributed by atoms with van der Waals surface area (Å²) in [5.74, 6) is -9.76. The number of hydrogen-bond donors (Lipinski definition) is 7. The summed E-state index contributed by atoms with van der Waals surface area (Å²) in [6.45, 7) is 31.3. The molecule has 14 atom stereocenters. The van der Waals surface area contributed by atoms with Crippen molar-refractivity contribution in [3.63, 3.8) is 0 Å². The molecule has 0 bridgehead atoms. The van der Waals surface area contributed by atoms with Gasteiger partial charge in [-0.05, 0) is 121 Å². The highest BCUT2D eigenvalue weighted by molar-refractivity contribution is 6.00. The summed E-state index contributed by atoms with van der Waals surface area (Å²) in [5.41, 5.74) is 0. The number of amides is 11. The van der Waals surface area contributed by atoms with Gasteiger partial charge in [-0.2, -0.15) is 5.21 Å². The van der Waals surface area contributed by atoms with Crippen molar-refractivity contribution in [3.8, 4) is 0 Å². The molecule has 0 radical (unpaired) electrons. The van der Waals surface area contributed by atoms with Gasteiger partial charge in [0.15, 0.2) is 5.82 Å². The van der Waals surface area contributed by atoms with Crippen molar-refractivity contribution < 1.29 is 67.3 Å². The minimum Gasteiger partial charge on any atom is -0.390 e. The van der Waals surface area contributed by atoms with Gasteiger partial charge in [-0.25, -0.2) is 0 Å². The first-order chi connectivity index (χ1) is 46.8. The Balaban J connectivity index is 2.28. The van der Waals surface area contributed by atoms with E-state index in [0.717, 1.165) is 35.9 Å². The van der Waals surface area contributed by atoms with E-state index in [1.807, 2.05) is 41.5 Å². The molecule has 3 rings (SSSR count). The molecule has 1 aromatic heterocycles. The number of aromatic nitrogens is 4. The molecule has 1 aromatic rings. The second-order valence-electron chi connectivity index (χ2n) is 29.7. The molecule has 0 aromatic carbocycles. The van der Waals surface area contributed by atoms with Crippen molar-refractivity contribution >= 4 is 65.0 Å². The largest absolute Gasteiger partial charge is 0.390 e. The van der Waals surface area contributed by atoms with Gasteiger partial charge in [0, 0.05) is 68.4 Å². The van der Waals surface area contributed by atoms with Gasteiger partial charge in [-0.1, -0.05) is 101 Å². The fourth-order valence-electron chi connectivity index (χ4n) is 12.9. The molecular formula is C70H126N16O14. The fourth-order valence-corrected chi connectivity index (χ4v) is 12.9. The van der Waals surface area contributed by atoms with E-state index >= 15 is 28.8 Å². The van der Waals surface area contributed by atoms with E-state index in [9.17, 15) is 29.1 Å². The van der Waals surface area contributed by atoms with Crippen LogP contribution in [0.4, 0.5) is 0 Å². The first-order valence-electron chi connectivity index (χ1n) is 36.2. The van der Waals surface area contributed by atoms with Crippen molar-refractivity contribution in [1.82, 2.24) is 81.5 Å². The maximum atomic E-state index is 15.2. The molecule has 7 N–H and O–H groups in total. The van der Waals surface area contributed by atoms with Crippen LogP contribution in [-0.2, 0) is 68.6 Å². The van der Waals surface area contributed by atoms with Crippen molar-refractivity contribution in [2.75, 3.05) is 81.7 Å². The Hall–Kier alpha value is -6.92. The smallest absolute Gasteiger partial charge is 0.246 e. The highest BCUT2D eigenvalue weighted by Crippen LogP contribution is 2.25. The Labute approximate surface area is 594 Å². The lowest BCUT2D eigenvalue weighted by atomic mass is 9.90. The Bertz CT molecular complexity index is 2800. The standard InChI is InChI=1S/C70H126N16O14/c1-23-50-67(95)80(17)48(15)66(94)85(22)58(49(16)100-34-28-27-31-86-32-35-99-36-33-86)64(92)74-55(43(8)9)70(98)81(18)51(37-40(2)3)61(89)71-46(13)60(88)72-47(14)65(93)82(19)52(38-41(4)5)68(96)83(20)53(39-42(6)7)69(97)84(21)57(44(10)11)63(91)75-56(62(90)73-50)59(87)45(12)29-25-24-26-30-54-76-78-79-77-54/h40-53,55-59,87H,23-39H2,1-22H3,(H,71,89)(H,72,88)(H,73,90)(H,74,92)(H,75,91)(H,76,77,78,79)/t45-,46+,47-,48-,49-,50+,51+,52+,53+,55+,56+,57+,58+,59-/m1/s1. The number of aryl methyl sites for hydroxylation is 1. The number of nitrogens with zero attached hydrogens (tertiary/aromatic N) is 10. The van der Waals surface area contributed by atoms with E-state index in [2.05, 4.69) is 52.1 Å². The molecule has 3 heterocycles. The maximum absolute atomic E-state index is 15.2. The van der Waals surface area contributed by atoms with Gasteiger partial charge < -0.3 is 70.6 Å². The molecular weight excluding hydrogens is 1290 g/mol. The van der Waals surface area contributed by atoms with Gasteiger partial charge in [0.25, 0.3) is 0 Å². The number of nitrogens with one attached hydrogen (secondary N) is 6. The molecule has 0 spiro atoms. The molecule has 2 fully saturated rings. The number of unbranched alkanes of at least 4 members (excludes halogenated alkanes) is 3. The molecule has 0 aliphatic carbocycles. The zero-order valence-corrected chi connectivity index (χ0v) is 64.2. The molecule has 2 aliphatic heterocycles. The number of aromatic amines is 1. The Kier molecular flexibility index (Phi) is 36.5. The van der Waals surface area contributed by atoms with Gasteiger partial charge in [-0.15, -0.1) is 10.2 Å². The molecule has 570 valence electrons. The summed E-state index contributed by atoms with van der Waals surface area (Å²) in [5, 5.41) is 40.2. The second-order valence-corrected chi connectivity index (χ2v) is 29.7. The normalized spacial score (nSPS) is 26.6. The summed E-state index contributed by atoms with van der Waals surface area (Å²) >= 11 is 0. The lowest BCUT2D eigenvalue weighted by Crippen LogP contribution is -2.64. The number of hydrogen-bond acceptors (Lipinski definition) is 18. The summed E-state index contributed by atoms with van der Waals surface area (Å²) in [4.78, 5) is 173. The maximum Gasteiger partial charge on any atom is 0.246 e. The number of morpholine rings is 1. The van der Waals surface area contributed by atoms with Gasteiger partial charge in [-0.3, -0.25) is 57.6 Å². The van der Waals surface area contributed by atoms with Crippen LogP contribution in [-0.4, -0.2) is 285 Å². The molecule has 30 nitrogen and oxygen atoms in total. The van der Waals surface area contributed by atoms with Crippen LogP contribution in [0.1, 0.15) is 181 Å². The number of ether oxygens (including phenoxy) is 2. The average molecular weight is 1420 g/mol. The van der Waals surface area contributed by atoms with E-state index in [1.54, 1.807) is 48.5 Å². The summed E-state index contributed by atoms with van der Waals surface area (Å²) in [6.07, 6.45) is 2.13. The van der Waals surface area contributed by atoms with Crippen LogP contribution >= 0.6 is 0 Å². The van der Waals surface area contributed by atoms with Gasteiger partial charge in [0.1, 0.15) is 66.5 Å². The summed E-state index contributed by atoms with van der Waals surface area (Å²) < 4.78 is 11.9. The predicted octanol–water partition coefficient (Wildman–Crippen LogP) is 2.14. The molecule has 2 saturated heterocycles. The van der Waals surface area contributed by atoms with Crippen LogP contribution in [0.5, 0.6) is 0 Å². The molecule has 100 heavy (non-hydrogen) atoms.